The molecule has 0 radical (unpaired) electrons. The standard InChI is InChI=1S/C15H13BrFNOS/c16-11-2-1-3-14(10-11)20-9-8-15(19)18-13-6-4-12(17)5-7-13/h1-7,10H,8-9H2,(H,18,19). The van der Waals surface area contributed by atoms with Gasteiger partial charge in [0, 0.05) is 27.2 Å². The van der Waals surface area contributed by atoms with Crippen molar-refractivity contribution in [2.45, 2.75) is 11.3 Å². The number of rotatable bonds is 5. The predicted molar refractivity (Wildman–Crippen MR) is 84.5 cm³/mol. The van der Waals surface area contributed by atoms with Crippen LogP contribution in [0.5, 0.6) is 0 Å². The number of amides is 1. The molecule has 5 heteroatoms. The fourth-order valence-corrected chi connectivity index (χ4v) is 3.03. The van der Waals surface area contributed by atoms with Gasteiger partial charge in [-0.1, -0.05) is 22.0 Å². The van der Waals surface area contributed by atoms with Crippen LogP contribution in [0, 0.1) is 5.82 Å². The Morgan fingerprint density at radius 3 is 2.65 bits per heavy atom. The van der Waals surface area contributed by atoms with Crippen LogP contribution in [0.25, 0.3) is 0 Å². The highest BCUT2D eigenvalue weighted by molar-refractivity contribution is 9.10. The Bertz CT molecular complexity index is 589. The minimum absolute atomic E-state index is 0.0703. The van der Waals surface area contributed by atoms with Gasteiger partial charge in [-0.2, -0.15) is 0 Å². The van der Waals surface area contributed by atoms with Crippen LogP contribution in [-0.2, 0) is 4.79 Å². The molecule has 2 aromatic rings. The minimum atomic E-state index is -0.312. The summed E-state index contributed by atoms with van der Waals surface area (Å²) >= 11 is 5.03. The third kappa shape index (κ3) is 4.98. The van der Waals surface area contributed by atoms with E-state index in [1.165, 1.54) is 12.1 Å². The smallest absolute Gasteiger partial charge is 0.225 e. The van der Waals surface area contributed by atoms with Gasteiger partial charge in [0.25, 0.3) is 0 Å². The molecule has 0 aliphatic carbocycles. The van der Waals surface area contributed by atoms with E-state index in [2.05, 4.69) is 21.2 Å². The van der Waals surface area contributed by atoms with Crippen molar-refractivity contribution >= 4 is 39.3 Å². The Labute approximate surface area is 129 Å². The predicted octanol–water partition coefficient (Wildman–Crippen LogP) is 4.71. The van der Waals surface area contributed by atoms with Crippen LogP contribution >= 0.6 is 27.7 Å². The van der Waals surface area contributed by atoms with Crippen LogP contribution in [0.3, 0.4) is 0 Å². The second kappa shape index (κ2) is 7.45. The summed E-state index contributed by atoms with van der Waals surface area (Å²) in [5.74, 6) is 0.316. The first kappa shape index (κ1) is 15.1. The zero-order valence-corrected chi connectivity index (χ0v) is 13.0. The number of carbonyl (C=O) groups excluding carboxylic acids is 1. The van der Waals surface area contributed by atoms with Crippen LogP contribution in [0.1, 0.15) is 6.42 Å². The molecule has 0 aliphatic heterocycles. The maximum Gasteiger partial charge on any atom is 0.225 e. The van der Waals surface area contributed by atoms with Gasteiger partial charge in [-0.3, -0.25) is 4.79 Å². The molecule has 0 aromatic heterocycles. The highest BCUT2D eigenvalue weighted by Crippen LogP contribution is 2.22. The highest BCUT2D eigenvalue weighted by atomic mass is 79.9. The zero-order valence-electron chi connectivity index (χ0n) is 10.6. The third-order valence-corrected chi connectivity index (χ3v) is 4.01. The van der Waals surface area contributed by atoms with Crippen LogP contribution < -0.4 is 5.32 Å². The summed E-state index contributed by atoms with van der Waals surface area (Å²) in [6, 6.07) is 13.7. The van der Waals surface area contributed by atoms with Crippen molar-refractivity contribution in [3.8, 4) is 0 Å². The maximum absolute atomic E-state index is 12.7. The maximum atomic E-state index is 12.7. The van der Waals surface area contributed by atoms with E-state index in [0.717, 1.165) is 9.37 Å². The SMILES string of the molecule is O=C(CCSc1cccc(Br)c1)Nc1ccc(F)cc1. The minimum Gasteiger partial charge on any atom is -0.326 e. The Balaban J connectivity index is 1.76. The largest absolute Gasteiger partial charge is 0.326 e. The molecule has 0 fully saturated rings. The molecular weight excluding hydrogens is 341 g/mol. The fourth-order valence-electron chi connectivity index (χ4n) is 1.58. The quantitative estimate of drug-likeness (QED) is 0.788. The van der Waals surface area contributed by atoms with Gasteiger partial charge in [-0.05, 0) is 42.5 Å². The van der Waals surface area contributed by atoms with Crippen LogP contribution in [0.15, 0.2) is 57.9 Å². The summed E-state index contributed by atoms with van der Waals surface area (Å²) in [5, 5.41) is 2.74. The normalized spacial score (nSPS) is 10.3. The number of benzene rings is 2. The van der Waals surface area contributed by atoms with Gasteiger partial charge in [0.05, 0.1) is 0 Å². The average Bonchev–Trinajstić information content (AvgIpc) is 2.41. The van der Waals surface area contributed by atoms with Crippen LogP contribution in [0.2, 0.25) is 0 Å². The first-order valence-corrected chi connectivity index (χ1v) is 7.85. The number of hydrogen-bond acceptors (Lipinski definition) is 2. The van der Waals surface area contributed by atoms with Crippen molar-refractivity contribution < 1.29 is 9.18 Å². The Kier molecular flexibility index (Phi) is 5.61. The molecule has 0 atom stereocenters. The van der Waals surface area contributed by atoms with Gasteiger partial charge >= 0.3 is 0 Å². The number of hydrogen-bond donors (Lipinski definition) is 1. The summed E-state index contributed by atoms with van der Waals surface area (Å²) in [6.45, 7) is 0. The van der Waals surface area contributed by atoms with Crippen LogP contribution in [0.4, 0.5) is 10.1 Å². The van der Waals surface area contributed by atoms with E-state index >= 15 is 0 Å². The summed E-state index contributed by atoms with van der Waals surface area (Å²) in [7, 11) is 0. The monoisotopic (exact) mass is 353 g/mol. The van der Waals surface area contributed by atoms with Gasteiger partial charge in [0.2, 0.25) is 5.91 Å². The van der Waals surface area contributed by atoms with Crippen molar-refractivity contribution in [2.75, 3.05) is 11.1 Å². The molecule has 20 heavy (non-hydrogen) atoms. The highest BCUT2D eigenvalue weighted by Gasteiger charge is 2.03. The van der Waals surface area contributed by atoms with E-state index in [4.69, 9.17) is 0 Å². The van der Waals surface area contributed by atoms with Crippen LogP contribution in [-0.4, -0.2) is 11.7 Å². The van der Waals surface area contributed by atoms with E-state index in [1.54, 1.807) is 23.9 Å². The Morgan fingerprint density at radius 2 is 1.95 bits per heavy atom. The zero-order chi connectivity index (χ0) is 14.4. The number of nitrogens with one attached hydrogen (secondary N) is 1. The molecule has 104 valence electrons. The Hall–Kier alpha value is -1.33. The lowest BCUT2D eigenvalue weighted by Crippen LogP contribution is -2.12. The van der Waals surface area contributed by atoms with E-state index in [0.29, 0.717) is 17.9 Å². The summed E-state index contributed by atoms with van der Waals surface area (Å²) in [6.07, 6.45) is 0.411. The molecule has 0 aliphatic rings. The molecule has 0 spiro atoms. The molecule has 1 amide bonds. The molecular formula is C15H13BrFNOS. The summed E-state index contributed by atoms with van der Waals surface area (Å²) < 4.78 is 13.8. The second-order valence-corrected chi connectivity index (χ2v) is 6.19. The molecule has 1 N–H and O–H groups in total. The van der Waals surface area contributed by atoms with E-state index in [9.17, 15) is 9.18 Å². The van der Waals surface area contributed by atoms with Crippen molar-refractivity contribution in [3.05, 3.63) is 58.8 Å². The number of halogens is 2. The molecule has 2 rings (SSSR count). The molecule has 0 heterocycles. The molecule has 0 bridgehead atoms. The van der Waals surface area contributed by atoms with Crippen molar-refractivity contribution in [2.24, 2.45) is 0 Å². The number of anilines is 1. The molecule has 2 nitrogen and oxygen atoms in total. The first-order valence-electron chi connectivity index (χ1n) is 6.07. The van der Waals surface area contributed by atoms with Gasteiger partial charge in [-0.25, -0.2) is 4.39 Å². The molecule has 2 aromatic carbocycles. The van der Waals surface area contributed by atoms with E-state index < -0.39 is 0 Å². The first-order chi connectivity index (χ1) is 9.63. The fraction of sp³-hybridized carbons (Fsp3) is 0.133. The lowest BCUT2D eigenvalue weighted by atomic mass is 10.3. The van der Waals surface area contributed by atoms with Crippen molar-refractivity contribution in [1.29, 1.82) is 0 Å². The third-order valence-electron chi connectivity index (χ3n) is 2.52. The van der Waals surface area contributed by atoms with E-state index in [1.807, 2.05) is 24.3 Å². The van der Waals surface area contributed by atoms with Gasteiger partial charge in [0.15, 0.2) is 0 Å². The van der Waals surface area contributed by atoms with Crippen molar-refractivity contribution in [3.63, 3.8) is 0 Å². The summed E-state index contributed by atoms with van der Waals surface area (Å²) in [4.78, 5) is 12.8. The molecule has 0 saturated carbocycles. The lowest BCUT2D eigenvalue weighted by molar-refractivity contribution is -0.115. The summed E-state index contributed by atoms with van der Waals surface area (Å²) in [5.41, 5.74) is 0.615. The molecule has 0 unspecified atom stereocenters. The Morgan fingerprint density at radius 1 is 1.20 bits per heavy atom. The van der Waals surface area contributed by atoms with Gasteiger partial charge < -0.3 is 5.32 Å². The number of carbonyl (C=O) groups is 1. The van der Waals surface area contributed by atoms with Crippen molar-refractivity contribution in [1.82, 2.24) is 0 Å². The van der Waals surface area contributed by atoms with E-state index in [-0.39, 0.29) is 11.7 Å². The van der Waals surface area contributed by atoms with Gasteiger partial charge in [0.1, 0.15) is 5.82 Å². The second-order valence-electron chi connectivity index (χ2n) is 4.11. The average molecular weight is 354 g/mol. The lowest BCUT2D eigenvalue weighted by Gasteiger charge is -2.05. The van der Waals surface area contributed by atoms with Gasteiger partial charge in [-0.15, -0.1) is 11.8 Å². The molecule has 0 saturated heterocycles. The topological polar surface area (TPSA) is 29.1 Å². The number of thioether (sulfide) groups is 1.